The Kier molecular flexibility index (Phi) is 3.14. The maximum atomic E-state index is 13.0. The van der Waals surface area contributed by atoms with Crippen LogP contribution in [0.15, 0.2) is 12.2 Å². The SMILES string of the molecule is C/C=C/CN1C(=O)C(C)(C2CC2)NC(=O)C12CCCC2. The zero-order valence-electron chi connectivity index (χ0n) is 12.4. The summed E-state index contributed by atoms with van der Waals surface area (Å²) < 4.78 is 0. The molecule has 1 aliphatic heterocycles. The minimum absolute atomic E-state index is 0.0773. The summed E-state index contributed by atoms with van der Waals surface area (Å²) in [5.74, 6) is 0.527. The predicted molar refractivity (Wildman–Crippen MR) is 77.0 cm³/mol. The highest BCUT2D eigenvalue weighted by Gasteiger charge is 2.61. The first-order valence-electron chi connectivity index (χ1n) is 7.80. The molecule has 2 aliphatic carbocycles. The second-order valence-corrected chi connectivity index (χ2v) is 6.65. The Morgan fingerprint density at radius 1 is 1.30 bits per heavy atom. The molecule has 0 aromatic rings. The molecule has 2 saturated carbocycles. The molecule has 1 N–H and O–H groups in total. The maximum absolute atomic E-state index is 13.0. The highest BCUT2D eigenvalue weighted by Crippen LogP contribution is 2.46. The van der Waals surface area contributed by atoms with Crippen LogP contribution in [-0.2, 0) is 9.59 Å². The van der Waals surface area contributed by atoms with E-state index < -0.39 is 11.1 Å². The zero-order chi connectivity index (χ0) is 14.4. The average Bonchev–Trinajstić information content (AvgIpc) is 3.17. The average molecular weight is 276 g/mol. The van der Waals surface area contributed by atoms with Gasteiger partial charge in [-0.2, -0.15) is 0 Å². The van der Waals surface area contributed by atoms with E-state index in [0.717, 1.165) is 38.5 Å². The minimum Gasteiger partial charge on any atom is -0.340 e. The van der Waals surface area contributed by atoms with Gasteiger partial charge in [-0.05, 0) is 45.4 Å². The lowest BCUT2D eigenvalue weighted by atomic mass is 9.82. The normalized spacial score (nSPS) is 33.2. The van der Waals surface area contributed by atoms with Crippen molar-refractivity contribution in [1.82, 2.24) is 10.2 Å². The number of nitrogens with zero attached hydrogens (tertiary/aromatic N) is 1. The van der Waals surface area contributed by atoms with Crippen LogP contribution >= 0.6 is 0 Å². The molecule has 4 heteroatoms. The molecule has 1 heterocycles. The highest BCUT2D eigenvalue weighted by molar-refractivity contribution is 6.02. The molecule has 1 spiro atoms. The number of hydrogen-bond acceptors (Lipinski definition) is 2. The lowest BCUT2D eigenvalue weighted by Crippen LogP contribution is -2.75. The Morgan fingerprint density at radius 2 is 1.95 bits per heavy atom. The Hall–Kier alpha value is -1.32. The van der Waals surface area contributed by atoms with Crippen molar-refractivity contribution >= 4 is 11.8 Å². The topological polar surface area (TPSA) is 49.4 Å². The minimum atomic E-state index is -0.674. The zero-order valence-corrected chi connectivity index (χ0v) is 12.4. The van der Waals surface area contributed by atoms with Crippen LogP contribution in [0.5, 0.6) is 0 Å². The molecule has 3 fully saturated rings. The molecular weight excluding hydrogens is 252 g/mol. The fraction of sp³-hybridized carbons (Fsp3) is 0.750. The van der Waals surface area contributed by atoms with Gasteiger partial charge in [0.05, 0.1) is 0 Å². The van der Waals surface area contributed by atoms with Gasteiger partial charge < -0.3 is 10.2 Å². The second-order valence-electron chi connectivity index (χ2n) is 6.65. The maximum Gasteiger partial charge on any atom is 0.249 e. The van der Waals surface area contributed by atoms with Crippen LogP contribution in [0.1, 0.15) is 52.4 Å². The number of rotatable bonds is 3. The van der Waals surface area contributed by atoms with Gasteiger partial charge >= 0.3 is 0 Å². The molecule has 3 rings (SSSR count). The summed E-state index contributed by atoms with van der Waals surface area (Å²) in [7, 11) is 0. The van der Waals surface area contributed by atoms with E-state index in [0.29, 0.717) is 12.5 Å². The molecule has 2 amide bonds. The van der Waals surface area contributed by atoms with Crippen molar-refractivity contribution in [3.63, 3.8) is 0 Å². The molecule has 0 radical (unpaired) electrons. The van der Waals surface area contributed by atoms with Gasteiger partial charge in [0, 0.05) is 6.54 Å². The molecule has 1 unspecified atom stereocenters. The lowest BCUT2D eigenvalue weighted by molar-refractivity contribution is -0.162. The third kappa shape index (κ3) is 1.80. The number of piperazine rings is 1. The number of allylic oxidation sites excluding steroid dienone is 1. The quantitative estimate of drug-likeness (QED) is 0.802. The van der Waals surface area contributed by atoms with Crippen molar-refractivity contribution < 1.29 is 9.59 Å². The first kappa shape index (κ1) is 13.7. The van der Waals surface area contributed by atoms with E-state index in [1.807, 2.05) is 30.9 Å². The van der Waals surface area contributed by atoms with E-state index in [1.165, 1.54) is 0 Å². The predicted octanol–water partition coefficient (Wildman–Crippen LogP) is 2.00. The first-order chi connectivity index (χ1) is 9.54. The van der Waals surface area contributed by atoms with Crippen LogP contribution in [0.4, 0.5) is 0 Å². The number of carbonyl (C=O) groups excluding carboxylic acids is 2. The summed E-state index contributed by atoms with van der Waals surface area (Å²) in [5, 5.41) is 3.09. The summed E-state index contributed by atoms with van der Waals surface area (Å²) in [6.45, 7) is 4.43. The molecule has 3 aliphatic rings. The summed E-state index contributed by atoms with van der Waals surface area (Å²) in [6, 6.07) is 0. The van der Waals surface area contributed by atoms with Crippen molar-refractivity contribution in [2.45, 2.75) is 63.5 Å². The molecule has 4 nitrogen and oxygen atoms in total. The molecule has 0 aromatic carbocycles. The summed E-state index contributed by atoms with van der Waals surface area (Å²) in [5.41, 5.74) is -1.25. The third-order valence-electron chi connectivity index (χ3n) is 5.35. The van der Waals surface area contributed by atoms with Gasteiger partial charge in [0.25, 0.3) is 0 Å². The van der Waals surface area contributed by atoms with Crippen molar-refractivity contribution in [2.24, 2.45) is 5.92 Å². The molecule has 20 heavy (non-hydrogen) atoms. The van der Waals surface area contributed by atoms with Crippen molar-refractivity contribution in [3.8, 4) is 0 Å². The van der Waals surface area contributed by atoms with E-state index in [1.54, 1.807) is 0 Å². The Balaban J connectivity index is 1.96. The van der Waals surface area contributed by atoms with E-state index in [9.17, 15) is 9.59 Å². The second kappa shape index (κ2) is 4.61. The summed E-state index contributed by atoms with van der Waals surface area (Å²) in [6.07, 6.45) is 9.73. The van der Waals surface area contributed by atoms with Gasteiger partial charge in [-0.3, -0.25) is 9.59 Å². The monoisotopic (exact) mass is 276 g/mol. The Bertz CT molecular complexity index is 461. The fourth-order valence-electron chi connectivity index (χ4n) is 3.87. The molecule has 1 atom stereocenters. The smallest absolute Gasteiger partial charge is 0.249 e. The van der Waals surface area contributed by atoms with Crippen LogP contribution in [0.3, 0.4) is 0 Å². The summed E-state index contributed by atoms with van der Waals surface area (Å²) >= 11 is 0. The van der Waals surface area contributed by atoms with Crippen molar-refractivity contribution in [2.75, 3.05) is 6.54 Å². The Labute approximate surface area is 120 Å². The van der Waals surface area contributed by atoms with Gasteiger partial charge in [-0.1, -0.05) is 25.0 Å². The van der Waals surface area contributed by atoms with E-state index in [4.69, 9.17) is 0 Å². The third-order valence-corrected chi connectivity index (χ3v) is 5.35. The molecule has 0 bridgehead atoms. The molecule has 0 aromatic heterocycles. The van der Waals surface area contributed by atoms with Gasteiger partial charge in [-0.25, -0.2) is 0 Å². The van der Waals surface area contributed by atoms with Crippen LogP contribution < -0.4 is 5.32 Å². The van der Waals surface area contributed by atoms with Gasteiger partial charge in [-0.15, -0.1) is 0 Å². The standard InChI is InChI=1S/C16H24N2O2/c1-3-4-11-18-14(20)15(2,12-7-8-12)17-13(19)16(18)9-5-6-10-16/h3-4,12H,5-11H2,1-2H3,(H,17,19)/b4-3+. The van der Waals surface area contributed by atoms with Crippen LogP contribution in [-0.4, -0.2) is 34.3 Å². The number of carbonyl (C=O) groups is 2. The van der Waals surface area contributed by atoms with Crippen LogP contribution in [0.25, 0.3) is 0 Å². The first-order valence-corrected chi connectivity index (χ1v) is 7.80. The number of amides is 2. The van der Waals surface area contributed by atoms with Crippen molar-refractivity contribution in [1.29, 1.82) is 0 Å². The largest absolute Gasteiger partial charge is 0.340 e. The van der Waals surface area contributed by atoms with Gasteiger partial charge in [0.2, 0.25) is 11.8 Å². The lowest BCUT2D eigenvalue weighted by Gasteiger charge is -2.50. The fourth-order valence-corrected chi connectivity index (χ4v) is 3.87. The Morgan fingerprint density at radius 3 is 2.50 bits per heavy atom. The van der Waals surface area contributed by atoms with Crippen LogP contribution in [0.2, 0.25) is 0 Å². The molecule has 110 valence electrons. The molecule has 1 saturated heterocycles. The highest BCUT2D eigenvalue weighted by atomic mass is 16.2. The summed E-state index contributed by atoms with van der Waals surface area (Å²) in [4.78, 5) is 27.6. The van der Waals surface area contributed by atoms with E-state index in [-0.39, 0.29) is 11.8 Å². The van der Waals surface area contributed by atoms with Crippen molar-refractivity contribution in [3.05, 3.63) is 12.2 Å². The molecular formula is C16H24N2O2. The van der Waals surface area contributed by atoms with E-state index in [2.05, 4.69) is 5.32 Å². The number of hydrogen-bond donors (Lipinski definition) is 1. The van der Waals surface area contributed by atoms with Crippen LogP contribution in [0, 0.1) is 5.92 Å². The van der Waals surface area contributed by atoms with Gasteiger partial charge in [0.15, 0.2) is 0 Å². The number of nitrogens with one attached hydrogen (secondary N) is 1. The van der Waals surface area contributed by atoms with Gasteiger partial charge in [0.1, 0.15) is 11.1 Å². The van der Waals surface area contributed by atoms with E-state index >= 15 is 0 Å².